The van der Waals surface area contributed by atoms with Crippen molar-refractivity contribution in [3.05, 3.63) is 56.9 Å². The van der Waals surface area contributed by atoms with Gasteiger partial charge in [-0.2, -0.15) is 0 Å². The molecule has 1 aromatic carbocycles. The molecule has 0 fully saturated rings. The van der Waals surface area contributed by atoms with Crippen LogP contribution in [0.1, 0.15) is 17.4 Å². The number of aromatic nitrogens is 2. The number of imidazole rings is 1. The van der Waals surface area contributed by atoms with Crippen molar-refractivity contribution in [3.63, 3.8) is 0 Å². The van der Waals surface area contributed by atoms with Gasteiger partial charge in [-0.1, -0.05) is 12.1 Å². The molecule has 0 radical (unpaired) electrons. The summed E-state index contributed by atoms with van der Waals surface area (Å²) in [4.78, 5) is 5.45. The number of aliphatic hydroxyl groups excluding tert-OH is 1. The summed E-state index contributed by atoms with van der Waals surface area (Å²) in [5.74, 6) is 0. The molecule has 92 valence electrons. The van der Waals surface area contributed by atoms with E-state index in [4.69, 9.17) is 0 Å². The second-order valence-electron chi connectivity index (χ2n) is 4.10. The van der Waals surface area contributed by atoms with Crippen LogP contribution in [0, 0.1) is 3.57 Å². The van der Waals surface area contributed by atoms with Gasteiger partial charge in [0.25, 0.3) is 0 Å². The summed E-state index contributed by atoms with van der Waals surface area (Å²) in [5, 5.41) is 12.2. The molecule has 3 nitrogen and oxygen atoms in total. The number of thiazole rings is 1. The monoisotopic (exact) mass is 370 g/mol. The predicted octanol–water partition coefficient (Wildman–Crippen LogP) is 3.28. The first-order valence-electron chi connectivity index (χ1n) is 5.57. The first kappa shape index (κ1) is 12.1. The summed E-state index contributed by atoms with van der Waals surface area (Å²) in [7, 11) is 0. The van der Waals surface area contributed by atoms with Gasteiger partial charge >= 0.3 is 0 Å². The van der Waals surface area contributed by atoms with E-state index in [-0.39, 0.29) is 0 Å². The fraction of sp³-hybridized carbons (Fsp3) is 0.154. The van der Waals surface area contributed by atoms with Gasteiger partial charge in [-0.3, -0.25) is 4.40 Å². The minimum Gasteiger partial charge on any atom is -0.388 e. The molecule has 18 heavy (non-hydrogen) atoms. The van der Waals surface area contributed by atoms with E-state index in [0.29, 0.717) is 6.42 Å². The summed E-state index contributed by atoms with van der Waals surface area (Å²) < 4.78 is 3.12. The third-order valence-corrected chi connectivity index (χ3v) is 4.22. The lowest BCUT2D eigenvalue weighted by atomic mass is 10.1. The maximum absolute atomic E-state index is 10.2. The Balaban J connectivity index is 1.81. The zero-order valence-corrected chi connectivity index (χ0v) is 12.4. The summed E-state index contributed by atoms with van der Waals surface area (Å²) in [5.41, 5.74) is 1.87. The molecule has 5 heteroatoms. The lowest BCUT2D eigenvalue weighted by Gasteiger charge is -2.09. The topological polar surface area (TPSA) is 37.5 Å². The van der Waals surface area contributed by atoms with Crippen LogP contribution >= 0.6 is 33.9 Å². The molecule has 3 aromatic rings. The molecule has 0 saturated carbocycles. The lowest BCUT2D eigenvalue weighted by molar-refractivity contribution is 0.177. The van der Waals surface area contributed by atoms with E-state index < -0.39 is 6.10 Å². The SMILES string of the molecule is OC(Cc1cn2ccsc2n1)c1cccc(I)c1. The second-order valence-corrected chi connectivity index (χ2v) is 6.22. The molecule has 0 aliphatic carbocycles. The van der Waals surface area contributed by atoms with Crippen molar-refractivity contribution < 1.29 is 5.11 Å². The molecule has 0 saturated heterocycles. The Hall–Kier alpha value is -0.920. The summed E-state index contributed by atoms with van der Waals surface area (Å²) in [6, 6.07) is 7.93. The van der Waals surface area contributed by atoms with Gasteiger partial charge in [0.2, 0.25) is 0 Å². The van der Waals surface area contributed by atoms with E-state index >= 15 is 0 Å². The van der Waals surface area contributed by atoms with Crippen molar-refractivity contribution >= 4 is 38.9 Å². The van der Waals surface area contributed by atoms with Crippen LogP contribution in [0.15, 0.2) is 42.0 Å². The van der Waals surface area contributed by atoms with Crippen molar-refractivity contribution in [2.24, 2.45) is 0 Å². The molecule has 1 atom stereocenters. The van der Waals surface area contributed by atoms with Gasteiger partial charge in [-0.15, -0.1) is 11.3 Å². The first-order valence-corrected chi connectivity index (χ1v) is 7.53. The van der Waals surface area contributed by atoms with Crippen molar-refractivity contribution in [2.45, 2.75) is 12.5 Å². The summed E-state index contributed by atoms with van der Waals surface area (Å²) >= 11 is 3.85. The van der Waals surface area contributed by atoms with E-state index in [1.54, 1.807) is 11.3 Å². The van der Waals surface area contributed by atoms with E-state index in [2.05, 4.69) is 27.6 Å². The Morgan fingerprint density at radius 2 is 2.33 bits per heavy atom. The van der Waals surface area contributed by atoms with Gasteiger partial charge in [0.1, 0.15) is 0 Å². The minimum absolute atomic E-state index is 0.496. The van der Waals surface area contributed by atoms with Crippen LogP contribution in [-0.4, -0.2) is 14.5 Å². The van der Waals surface area contributed by atoms with Crippen LogP contribution in [0.2, 0.25) is 0 Å². The highest BCUT2D eigenvalue weighted by atomic mass is 127. The molecule has 0 bridgehead atoms. The zero-order valence-electron chi connectivity index (χ0n) is 9.45. The van der Waals surface area contributed by atoms with E-state index in [1.165, 1.54) is 0 Å². The molecule has 0 aliphatic heterocycles. The maximum Gasteiger partial charge on any atom is 0.193 e. The van der Waals surface area contributed by atoms with E-state index in [0.717, 1.165) is 19.8 Å². The zero-order chi connectivity index (χ0) is 12.5. The highest BCUT2D eigenvalue weighted by molar-refractivity contribution is 14.1. The Bertz CT molecular complexity index is 648. The molecular weight excluding hydrogens is 359 g/mol. The molecule has 2 heterocycles. The smallest absolute Gasteiger partial charge is 0.193 e. The van der Waals surface area contributed by atoms with Gasteiger partial charge in [0.05, 0.1) is 11.8 Å². The quantitative estimate of drug-likeness (QED) is 0.719. The number of nitrogens with zero attached hydrogens (tertiary/aromatic N) is 2. The highest BCUT2D eigenvalue weighted by Gasteiger charge is 2.11. The Morgan fingerprint density at radius 3 is 3.11 bits per heavy atom. The molecule has 1 unspecified atom stereocenters. The van der Waals surface area contributed by atoms with Crippen molar-refractivity contribution in [1.82, 2.24) is 9.38 Å². The van der Waals surface area contributed by atoms with Gasteiger partial charge in [-0.05, 0) is 40.3 Å². The molecular formula is C13H11IN2OS. The Labute approximate surface area is 122 Å². The third-order valence-electron chi connectivity index (χ3n) is 2.78. The normalized spacial score (nSPS) is 13.0. The number of hydrogen-bond donors (Lipinski definition) is 1. The Morgan fingerprint density at radius 1 is 1.44 bits per heavy atom. The number of fused-ring (bicyclic) bond motifs is 1. The lowest BCUT2D eigenvalue weighted by Crippen LogP contribution is -2.02. The van der Waals surface area contributed by atoms with Gasteiger partial charge in [0.15, 0.2) is 4.96 Å². The number of rotatable bonds is 3. The highest BCUT2D eigenvalue weighted by Crippen LogP contribution is 2.21. The van der Waals surface area contributed by atoms with Crippen LogP contribution in [0.5, 0.6) is 0 Å². The van der Waals surface area contributed by atoms with Crippen molar-refractivity contribution in [2.75, 3.05) is 0 Å². The molecule has 0 spiro atoms. The minimum atomic E-state index is -0.496. The Kier molecular flexibility index (Phi) is 3.36. The summed E-state index contributed by atoms with van der Waals surface area (Å²) in [6.07, 6.45) is 4.01. The number of halogens is 1. The molecule has 2 aromatic heterocycles. The number of aliphatic hydroxyl groups is 1. The van der Waals surface area contributed by atoms with Gasteiger partial charge in [0, 0.05) is 27.8 Å². The van der Waals surface area contributed by atoms with Crippen molar-refractivity contribution in [3.8, 4) is 0 Å². The molecule has 3 rings (SSSR count). The number of hydrogen-bond acceptors (Lipinski definition) is 3. The van der Waals surface area contributed by atoms with Crippen molar-refractivity contribution in [1.29, 1.82) is 0 Å². The van der Waals surface area contributed by atoms with E-state index in [1.807, 2.05) is 46.4 Å². The van der Waals surface area contributed by atoms with Crippen LogP contribution in [-0.2, 0) is 6.42 Å². The number of benzene rings is 1. The molecule has 1 N–H and O–H groups in total. The standard InChI is InChI=1S/C13H11IN2OS/c14-10-3-1-2-9(6-10)12(17)7-11-8-16-4-5-18-13(16)15-11/h1-6,8,12,17H,7H2. The first-order chi connectivity index (χ1) is 8.72. The molecule has 0 amide bonds. The maximum atomic E-state index is 10.2. The van der Waals surface area contributed by atoms with Gasteiger partial charge in [-0.25, -0.2) is 4.98 Å². The van der Waals surface area contributed by atoms with Crippen LogP contribution < -0.4 is 0 Å². The average Bonchev–Trinajstić information content (AvgIpc) is 2.89. The van der Waals surface area contributed by atoms with Gasteiger partial charge < -0.3 is 5.11 Å². The largest absolute Gasteiger partial charge is 0.388 e. The van der Waals surface area contributed by atoms with Crippen LogP contribution in [0.25, 0.3) is 4.96 Å². The fourth-order valence-electron chi connectivity index (χ4n) is 1.90. The molecule has 0 aliphatic rings. The van der Waals surface area contributed by atoms with Crippen LogP contribution in [0.4, 0.5) is 0 Å². The average molecular weight is 370 g/mol. The fourth-order valence-corrected chi connectivity index (χ4v) is 3.19. The summed E-state index contributed by atoms with van der Waals surface area (Å²) in [6.45, 7) is 0. The van der Waals surface area contributed by atoms with E-state index in [9.17, 15) is 5.11 Å². The predicted molar refractivity (Wildman–Crippen MR) is 80.9 cm³/mol. The second kappa shape index (κ2) is 4.99. The van der Waals surface area contributed by atoms with Crippen LogP contribution in [0.3, 0.4) is 0 Å². The third kappa shape index (κ3) is 2.43.